The smallest absolute Gasteiger partial charge is 0.340 e. The van der Waals surface area contributed by atoms with Gasteiger partial charge in [0, 0.05) is 57.1 Å². The summed E-state index contributed by atoms with van der Waals surface area (Å²) in [5.41, 5.74) is 2.11. The van der Waals surface area contributed by atoms with Crippen molar-refractivity contribution in [2.45, 2.75) is 25.3 Å². The predicted molar refractivity (Wildman–Crippen MR) is 121 cm³/mol. The van der Waals surface area contributed by atoms with E-state index >= 15 is 0 Å². The van der Waals surface area contributed by atoms with Crippen LogP contribution < -0.4 is 5.32 Å². The summed E-state index contributed by atoms with van der Waals surface area (Å²) in [5.74, 6) is 1.31. The van der Waals surface area contributed by atoms with Crippen molar-refractivity contribution >= 4 is 17.3 Å². The summed E-state index contributed by atoms with van der Waals surface area (Å²) >= 11 is 0. The minimum absolute atomic E-state index is 0.119. The molecule has 0 aliphatic heterocycles. The first kappa shape index (κ1) is 21.1. The molecule has 0 bridgehead atoms. The molecule has 4 heterocycles. The molecule has 1 saturated carbocycles. The van der Waals surface area contributed by atoms with Crippen LogP contribution in [0.4, 0.5) is 5.82 Å². The Balaban J connectivity index is 1.72. The highest BCUT2D eigenvalue weighted by Crippen LogP contribution is 2.34. The van der Waals surface area contributed by atoms with E-state index in [1.807, 2.05) is 37.1 Å². The normalized spacial score (nSPS) is 18.2. The summed E-state index contributed by atoms with van der Waals surface area (Å²) in [7, 11) is 5.05. The van der Waals surface area contributed by atoms with Crippen LogP contribution in [0.5, 0.6) is 0 Å². The molecular formula is C22H26N8O3. The lowest BCUT2D eigenvalue weighted by atomic mass is 10.1. The Morgan fingerprint density at radius 1 is 1.27 bits per heavy atom. The number of hydrogen-bond donors (Lipinski definition) is 2. The lowest BCUT2D eigenvalue weighted by molar-refractivity contribution is 0.0604. The summed E-state index contributed by atoms with van der Waals surface area (Å²) < 4.78 is 10.3. The third-order valence-corrected chi connectivity index (χ3v) is 6.17. The third-order valence-electron chi connectivity index (χ3n) is 6.17. The number of aromatic nitrogens is 7. The van der Waals surface area contributed by atoms with E-state index in [2.05, 4.69) is 20.5 Å². The lowest BCUT2D eigenvalue weighted by Crippen LogP contribution is -2.19. The van der Waals surface area contributed by atoms with E-state index < -0.39 is 5.97 Å². The minimum Gasteiger partial charge on any atom is -0.465 e. The second kappa shape index (κ2) is 8.32. The van der Waals surface area contributed by atoms with Crippen LogP contribution in [-0.2, 0) is 18.8 Å². The van der Waals surface area contributed by atoms with E-state index in [0.29, 0.717) is 39.8 Å². The van der Waals surface area contributed by atoms with Crippen molar-refractivity contribution in [3.63, 3.8) is 0 Å². The number of aliphatic hydroxyl groups excluding tert-OH is 1. The summed E-state index contributed by atoms with van der Waals surface area (Å²) in [4.78, 5) is 22.1. The molecule has 172 valence electrons. The van der Waals surface area contributed by atoms with Gasteiger partial charge in [-0.1, -0.05) is 0 Å². The van der Waals surface area contributed by atoms with Crippen LogP contribution in [0.2, 0.25) is 0 Å². The van der Waals surface area contributed by atoms with Crippen molar-refractivity contribution in [1.82, 2.24) is 33.9 Å². The average molecular weight is 451 g/mol. The Bertz CT molecular complexity index is 1320. The van der Waals surface area contributed by atoms with Gasteiger partial charge < -0.3 is 19.7 Å². The minimum atomic E-state index is -0.491. The van der Waals surface area contributed by atoms with Crippen LogP contribution in [0.25, 0.3) is 28.4 Å². The van der Waals surface area contributed by atoms with E-state index in [9.17, 15) is 9.90 Å². The second-order valence-corrected chi connectivity index (χ2v) is 8.43. The van der Waals surface area contributed by atoms with Gasteiger partial charge in [0.05, 0.1) is 12.8 Å². The number of methoxy groups -OCH3 is 1. The van der Waals surface area contributed by atoms with E-state index in [-0.39, 0.29) is 18.6 Å². The fourth-order valence-electron chi connectivity index (χ4n) is 4.49. The molecule has 1 aliphatic rings. The molecule has 11 nitrogen and oxygen atoms in total. The Labute approximate surface area is 190 Å². The quantitative estimate of drug-likeness (QED) is 0.427. The summed E-state index contributed by atoms with van der Waals surface area (Å²) in [6, 6.07) is 1.96. The molecule has 1 fully saturated rings. The zero-order chi connectivity index (χ0) is 23.1. The van der Waals surface area contributed by atoms with Gasteiger partial charge in [-0.3, -0.25) is 4.68 Å². The third kappa shape index (κ3) is 3.74. The zero-order valence-corrected chi connectivity index (χ0v) is 18.8. The molecule has 0 spiro atoms. The van der Waals surface area contributed by atoms with Crippen molar-refractivity contribution in [3.05, 3.63) is 36.4 Å². The number of aryl methyl sites for hydroxylation is 2. The number of carbonyl (C=O) groups excluding carboxylic acids is 1. The number of carbonyl (C=O) groups is 1. The number of imidazole rings is 1. The predicted octanol–water partition coefficient (Wildman–Crippen LogP) is 1.89. The molecule has 2 atom stereocenters. The van der Waals surface area contributed by atoms with Crippen LogP contribution in [0.1, 0.15) is 29.6 Å². The van der Waals surface area contributed by atoms with E-state index in [4.69, 9.17) is 9.72 Å². The Morgan fingerprint density at radius 3 is 2.76 bits per heavy atom. The van der Waals surface area contributed by atoms with Crippen LogP contribution in [0, 0.1) is 5.92 Å². The number of hydrogen-bond acceptors (Lipinski definition) is 8. The molecule has 1 aliphatic carbocycles. The monoisotopic (exact) mass is 450 g/mol. The highest BCUT2D eigenvalue weighted by Gasteiger charge is 2.29. The Hall–Kier alpha value is -3.73. The SMILES string of the molecule is COC(=O)c1c(-c2ccn(C)n2)cn2nc(-c3nccn3C)nc(N[C@H]3CC[C@H](CO)C3)c12. The first-order valence-corrected chi connectivity index (χ1v) is 10.8. The maximum atomic E-state index is 12.9. The molecule has 0 amide bonds. The molecule has 33 heavy (non-hydrogen) atoms. The first-order valence-electron chi connectivity index (χ1n) is 10.8. The number of ether oxygens (including phenoxy) is 1. The van der Waals surface area contributed by atoms with Crippen molar-refractivity contribution in [3.8, 4) is 22.9 Å². The number of aliphatic hydroxyl groups is 1. The van der Waals surface area contributed by atoms with Gasteiger partial charge in [0.15, 0.2) is 11.6 Å². The molecule has 5 rings (SSSR count). The summed E-state index contributed by atoms with van der Waals surface area (Å²) in [6.07, 6.45) is 9.77. The standard InChI is InChI=1S/C22H26N8O3/c1-28-9-7-23-21(28)20-25-19(24-14-5-4-13(10-14)12-31)18-17(22(32)33-3)15(11-30(18)27-20)16-6-8-29(2)26-16/h6-9,11,13-14,31H,4-5,10,12H2,1-3H3,(H,24,25,27)/t13-,14-/m0/s1. The van der Waals surface area contributed by atoms with Gasteiger partial charge in [-0.05, 0) is 31.2 Å². The average Bonchev–Trinajstić information content (AvgIpc) is 3.59. The Morgan fingerprint density at radius 2 is 2.12 bits per heavy atom. The molecular weight excluding hydrogens is 424 g/mol. The van der Waals surface area contributed by atoms with Crippen molar-refractivity contribution in [1.29, 1.82) is 0 Å². The maximum absolute atomic E-state index is 12.9. The van der Waals surface area contributed by atoms with Gasteiger partial charge in [0.25, 0.3) is 0 Å². The van der Waals surface area contributed by atoms with E-state index in [1.165, 1.54) is 7.11 Å². The highest BCUT2D eigenvalue weighted by molar-refractivity contribution is 6.06. The number of nitrogens with zero attached hydrogens (tertiary/aromatic N) is 7. The lowest BCUT2D eigenvalue weighted by Gasteiger charge is -2.16. The fraction of sp³-hybridized carbons (Fsp3) is 0.409. The first-order chi connectivity index (χ1) is 16.0. The van der Waals surface area contributed by atoms with Crippen LogP contribution in [-0.4, -0.2) is 64.8 Å². The van der Waals surface area contributed by atoms with E-state index in [1.54, 1.807) is 21.6 Å². The number of fused-ring (bicyclic) bond motifs is 1. The van der Waals surface area contributed by atoms with Gasteiger partial charge in [0.2, 0.25) is 5.82 Å². The molecule has 0 unspecified atom stereocenters. The van der Waals surface area contributed by atoms with Crippen molar-refractivity contribution in [2.24, 2.45) is 20.0 Å². The van der Waals surface area contributed by atoms with Crippen LogP contribution >= 0.6 is 0 Å². The topological polar surface area (TPSA) is 124 Å². The largest absolute Gasteiger partial charge is 0.465 e. The number of rotatable bonds is 6. The number of anilines is 1. The van der Waals surface area contributed by atoms with Gasteiger partial charge in [-0.2, -0.15) is 5.10 Å². The molecule has 0 saturated heterocycles. The molecule has 11 heteroatoms. The maximum Gasteiger partial charge on any atom is 0.340 e. The van der Waals surface area contributed by atoms with Gasteiger partial charge in [-0.25, -0.2) is 19.3 Å². The van der Waals surface area contributed by atoms with Crippen molar-refractivity contribution < 1.29 is 14.6 Å². The van der Waals surface area contributed by atoms with E-state index in [0.717, 1.165) is 19.3 Å². The molecule has 4 aromatic heterocycles. The second-order valence-electron chi connectivity index (χ2n) is 8.43. The fourth-order valence-corrected chi connectivity index (χ4v) is 4.49. The highest BCUT2D eigenvalue weighted by atomic mass is 16.5. The van der Waals surface area contributed by atoms with Crippen LogP contribution in [0.3, 0.4) is 0 Å². The molecule has 2 N–H and O–H groups in total. The zero-order valence-electron chi connectivity index (χ0n) is 18.8. The van der Waals surface area contributed by atoms with Gasteiger partial charge in [-0.15, -0.1) is 5.10 Å². The Kier molecular flexibility index (Phi) is 5.33. The number of nitrogens with one attached hydrogen (secondary N) is 1. The summed E-state index contributed by atoms with van der Waals surface area (Å²) in [6.45, 7) is 0.165. The molecule has 0 aromatic carbocycles. The van der Waals surface area contributed by atoms with Gasteiger partial charge in [0.1, 0.15) is 11.1 Å². The summed E-state index contributed by atoms with van der Waals surface area (Å²) in [5, 5.41) is 22.2. The molecule has 4 aromatic rings. The number of esters is 1. The molecule has 0 radical (unpaired) electrons. The van der Waals surface area contributed by atoms with Gasteiger partial charge >= 0.3 is 5.97 Å². The van der Waals surface area contributed by atoms with Crippen LogP contribution in [0.15, 0.2) is 30.9 Å². The van der Waals surface area contributed by atoms with Crippen molar-refractivity contribution in [2.75, 3.05) is 19.0 Å².